The molecule has 0 fully saturated rings. The van der Waals surface area contributed by atoms with E-state index in [-0.39, 0.29) is 11.9 Å². The number of carbonyl (C=O) groups excluding carboxylic acids is 1. The number of pyridine rings is 1. The number of nitrogens with one attached hydrogen (secondary N) is 1. The highest BCUT2D eigenvalue weighted by Crippen LogP contribution is 2.39. The maximum Gasteiger partial charge on any atom is 0.273 e. The number of H-pyrrole nitrogens is 1. The molecule has 144 valence electrons. The first kappa shape index (κ1) is 17.7. The Balaban J connectivity index is 1.65. The number of hydrogen-bond donors (Lipinski definition) is 1. The Hall–Kier alpha value is -3.40. The van der Waals surface area contributed by atoms with E-state index in [9.17, 15) is 4.79 Å². The average Bonchev–Trinajstić information content (AvgIpc) is 3.17. The highest BCUT2D eigenvalue weighted by Gasteiger charge is 2.35. The van der Waals surface area contributed by atoms with Crippen LogP contribution >= 0.6 is 0 Å². The molecule has 4 heteroatoms. The van der Waals surface area contributed by atoms with Gasteiger partial charge < -0.3 is 9.88 Å². The van der Waals surface area contributed by atoms with Crippen molar-refractivity contribution in [2.24, 2.45) is 0 Å². The lowest BCUT2D eigenvalue weighted by Crippen LogP contribution is -2.41. The van der Waals surface area contributed by atoms with Gasteiger partial charge in [-0.25, -0.2) is 0 Å². The van der Waals surface area contributed by atoms with Gasteiger partial charge in [0, 0.05) is 29.3 Å². The fourth-order valence-corrected chi connectivity index (χ4v) is 4.38. The van der Waals surface area contributed by atoms with Gasteiger partial charge in [0.15, 0.2) is 0 Å². The van der Waals surface area contributed by atoms with Crippen LogP contribution in [0.2, 0.25) is 0 Å². The molecule has 1 atom stereocenters. The van der Waals surface area contributed by atoms with Gasteiger partial charge in [0.25, 0.3) is 5.91 Å². The van der Waals surface area contributed by atoms with Crippen LogP contribution in [0.15, 0.2) is 72.9 Å². The Morgan fingerprint density at radius 1 is 1.07 bits per heavy atom. The zero-order chi connectivity index (χ0) is 19.8. The summed E-state index contributed by atoms with van der Waals surface area (Å²) in [5.41, 5.74) is 6.46. The molecular weight excluding hydrogens is 358 g/mol. The Morgan fingerprint density at radius 3 is 2.62 bits per heavy atom. The first-order valence-corrected chi connectivity index (χ1v) is 10.2. The molecule has 29 heavy (non-hydrogen) atoms. The van der Waals surface area contributed by atoms with Crippen molar-refractivity contribution in [1.29, 1.82) is 0 Å². The number of benzene rings is 2. The molecule has 1 unspecified atom stereocenters. The number of aromatic amines is 1. The van der Waals surface area contributed by atoms with Crippen molar-refractivity contribution in [3.8, 4) is 0 Å². The molecule has 1 N–H and O–H groups in total. The van der Waals surface area contributed by atoms with Crippen LogP contribution in [0.1, 0.15) is 45.8 Å². The predicted octanol–water partition coefficient (Wildman–Crippen LogP) is 4.91. The van der Waals surface area contributed by atoms with Crippen molar-refractivity contribution < 1.29 is 4.79 Å². The number of hydrogen-bond acceptors (Lipinski definition) is 2. The lowest BCUT2D eigenvalue weighted by molar-refractivity contribution is 0.0686. The SMILES string of the molecule is CCc1ccc(C2c3[nH]c4ccccc4c3CCN2C(=O)c2ccccn2)cc1. The second-order valence-electron chi connectivity index (χ2n) is 7.52. The summed E-state index contributed by atoms with van der Waals surface area (Å²) in [4.78, 5) is 23.3. The third-order valence-corrected chi connectivity index (χ3v) is 5.88. The van der Waals surface area contributed by atoms with Crippen molar-refractivity contribution in [2.45, 2.75) is 25.8 Å². The fraction of sp³-hybridized carbons (Fsp3) is 0.200. The lowest BCUT2D eigenvalue weighted by atomic mass is 9.91. The van der Waals surface area contributed by atoms with Crippen LogP contribution in [-0.4, -0.2) is 27.3 Å². The highest BCUT2D eigenvalue weighted by atomic mass is 16.2. The van der Waals surface area contributed by atoms with Crippen molar-refractivity contribution >= 4 is 16.8 Å². The highest BCUT2D eigenvalue weighted by molar-refractivity contribution is 5.94. The van der Waals surface area contributed by atoms with Gasteiger partial charge in [-0.2, -0.15) is 0 Å². The maximum absolute atomic E-state index is 13.4. The van der Waals surface area contributed by atoms with Crippen molar-refractivity contribution in [3.05, 3.63) is 101 Å². The molecule has 0 saturated heterocycles. The van der Waals surface area contributed by atoms with E-state index in [4.69, 9.17) is 0 Å². The van der Waals surface area contributed by atoms with Gasteiger partial charge in [-0.15, -0.1) is 0 Å². The van der Waals surface area contributed by atoms with E-state index >= 15 is 0 Å². The second-order valence-corrected chi connectivity index (χ2v) is 7.52. The average molecular weight is 381 g/mol. The number of nitrogens with zero attached hydrogens (tertiary/aromatic N) is 2. The maximum atomic E-state index is 13.4. The van der Waals surface area contributed by atoms with E-state index in [0.717, 1.165) is 29.6 Å². The van der Waals surface area contributed by atoms with Gasteiger partial charge in [0.05, 0.1) is 6.04 Å². The van der Waals surface area contributed by atoms with Crippen LogP contribution in [0.4, 0.5) is 0 Å². The van der Waals surface area contributed by atoms with Crippen LogP contribution in [0.3, 0.4) is 0 Å². The molecule has 0 bridgehead atoms. The Morgan fingerprint density at radius 2 is 1.86 bits per heavy atom. The Bertz CT molecular complexity index is 1160. The zero-order valence-corrected chi connectivity index (χ0v) is 16.4. The van der Waals surface area contributed by atoms with E-state index in [2.05, 4.69) is 59.4 Å². The van der Waals surface area contributed by atoms with Crippen LogP contribution in [-0.2, 0) is 12.8 Å². The Labute approximate surface area is 170 Å². The van der Waals surface area contributed by atoms with Crippen LogP contribution in [0.25, 0.3) is 10.9 Å². The van der Waals surface area contributed by atoms with Crippen molar-refractivity contribution in [1.82, 2.24) is 14.9 Å². The Kier molecular flexibility index (Phi) is 4.39. The second kappa shape index (κ2) is 7.21. The minimum atomic E-state index is -0.147. The van der Waals surface area contributed by atoms with Gasteiger partial charge in [-0.3, -0.25) is 9.78 Å². The van der Waals surface area contributed by atoms with E-state index in [0.29, 0.717) is 12.2 Å². The molecule has 3 heterocycles. The van der Waals surface area contributed by atoms with Gasteiger partial charge >= 0.3 is 0 Å². The van der Waals surface area contributed by atoms with Crippen molar-refractivity contribution in [3.63, 3.8) is 0 Å². The first-order valence-electron chi connectivity index (χ1n) is 10.2. The summed E-state index contributed by atoms with van der Waals surface area (Å²) >= 11 is 0. The topological polar surface area (TPSA) is 49.0 Å². The molecule has 4 aromatic rings. The number of carbonyl (C=O) groups is 1. The number of amides is 1. The molecule has 2 aromatic carbocycles. The molecule has 1 aliphatic heterocycles. The molecule has 5 rings (SSSR count). The third-order valence-electron chi connectivity index (χ3n) is 5.88. The van der Waals surface area contributed by atoms with E-state index < -0.39 is 0 Å². The van der Waals surface area contributed by atoms with Gasteiger partial charge in [0.1, 0.15) is 5.69 Å². The summed E-state index contributed by atoms with van der Waals surface area (Å²) in [6.07, 6.45) is 3.51. The van der Waals surface area contributed by atoms with E-state index in [1.165, 1.54) is 16.5 Å². The molecule has 0 saturated carbocycles. The predicted molar refractivity (Wildman–Crippen MR) is 115 cm³/mol. The zero-order valence-electron chi connectivity index (χ0n) is 16.4. The minimum Gasteiger partial charge on any atom is -0.356 e. The lowest BCUT2D eigenvalue weighted by Gasteiger charge is -2.36. The molecule has 2 aromatic heterocycles. The summed E-state index contributed by atoms with van der Waals surface area (Å²) in [6.45, 7) is 2.83. The van der Waals surface area contributed by atoms with E-state index in [1.54, 1.807) is 12.3 Å². The number of aromatic nitrogens is 2. The van der Waals surface area contributed by atoms with Gasteiger partial charge in [-0.05, 0) is 47.7 Å². The van der Waals surface area contributed by atoms with Gasteiger partial charge in [-0.1, -0.05) is 55.5 Å². The number of rotatable bonds is 3. The normalized spacial score (nSPS) is 16.0. The molecule has 1 aliphatic rings. The number of aryl methyl sites for hydroxylation is 1. The molecule has 0 radical (unpaired) electrons. The smallest absolute Gasteiger partial charge is 0.273 e. The molecule has 0 spiro atoms. The van der Waals surface area contributed by atoms with Crippen LogP contribution < -0.4 is 0 Å². The molecular formula is C25H23N3O. The minimum absolute atomic E-state index is 0.0283. The number of para-hydroxylation sites is 1. The van der Waals surface area contributed by atoms with Crippen molar-refractivity contribution in [2.75, 3.05) is 6.54 Å². The summed E-state index contributed by atoms with van der Waals surface area (Å²) in [7, 11) is 0. The molecule has 0 aliphatic carbocycles. The third kappa shape index (κ3) is 3.01. The fourth-order valence-electron chi connectivity index (χ4n) is 4.38. The first-order chi connectivity index (χ1) is 14.3. The largest absolute Gasteiger partial charge is 0.356 e. The summed E-state index contributed by atoms with van der Waals surface area (Å²) in [5.74, 6) is -0.0283. The van der Waals surface area contributed by atoms with Crippen LogP contribution in [0, 0.1) is 0 Å². The standard InChI is InChI=1S/C25H23N3O/c1-2-17-10-12-18(13-11-17)24-23-20(19-7-3-4-8-21(19)27-23)14-16-28(24)25(29)22-9-5-6-15-26-22/h3-13,15,24,27H,2,14,16H2,1H3. The van der Waals surface area contributed by atoms with Crippen LogP contribution in [0.5, 0.6) is 0 Å². The molecule has 1 amide bonds. The monoisotopic (exact) mass is 381 g/mol. The molecule has 4 nitrogen and oxygen atoms in total. The summed E-state index contributed by atoms with van der Waals surface area (Å²) in [5, 5.41) is 1.25. The van der Waals surface area contributed by atoms with Gasteiger partial charge in [0.2, 0.25) is 0 Å². The number of fused-ring (bicyclic) bond motifs is 3. The van der Waals surface area contributed by atoms with E-state index in [1.807, 2.05) is 23.1 Å². The summed E-state index contributed by atoms with van der Waals surface area (Å²) < 4.78 is 0. The quantitative estimate of drug-likeness (QED) is 0.548. The summed E-state index contributed by atoms with van der Waals surface area (Å²) in [6, 6.07) is 22.4.